The second-order valence-corrected chi connectivity index (χ2v) is 5.58. The van der Waals surface area contributed by atoms with Crippen molar-refractivity contribution < 1.29 is 18.3 Å². The van der Waals surface area contributed by atoms with Gasteiger partial charge < -0.3 is 10.1 Å². The van der Waals surface area contributed by atoms with Crippen LogP contribution in [0.3, 0.4) is 0 Å². The standard InChI is InChI=1S/C18H16F2N4O2/c1-11-21-16(24-23-11)12-4-3-5-14(10-12)22-17(25)18(19,20)13-6-8-15(26-2)9-7-13/h3-10H,1-2H3,(H,22,25)(H,21,23,24). The maximum Gasteiger partial charge on any atom is 0.350 e. The summed E-state index contributed by atoms with van der Waals surface area (Å²) in [6.07, 6.45) is 0. The van der Waals surface area contributed by atoms with E-state index in [-0.39, 0.29) is 5.69 Å². The van der Waals surface area contributed by atoms with E-state index in [1.54, 1.807) is 19.1 Å². The molecular weight excluding hydrogens is 342 g/mol. The molecule has 134 valence electrons. The Morgan fingerprint density at radius 2 is 1.92 bits per heavy atom. The molecule has 0 bridgehead atoms. The Labute approximate surface area is 148 Å². The highest BCUT2D eigenvalue weighted by Crippen LogP contribution is 2.31. The summed E-state index contributed by atoms with van der Waals surface area (Å²) in [4.78, 5) is 16.3. The SMILES string of the molecule is COc1ccc(C(F)(F)C(=O)Nc2cccc(-c3n[nH]c(C)n3)c2)cc1. The normalized spacial score (nSPS) is 11.2. The average Bonchev–Trinajstić information content (AvgIpc) is 3.08. The highest BCUT2D eigenvalue weighted by molar-refractivity contribution is 5.97. The van der Waals surface area contributed by atoms with Crippen molar-refractivity contribution in [2.24, 2.45) is 0 Å². The number of nitrogens with one attached hydrogen (secondary N) is 2. The Kier molecular flexibility index (Phi) is 4.66. The molecule has 0 unspecified atom stereocenters. The van der Waals surface area contributed by atoms with E-state index in [1.807, 2.05) is 0 Å². The van der Waals surface area contributed by atoms with Crippen molar-refractivity contribution in [3.05, 3.63) is 59.9 Å². The summed E-state index contributed by atoms with van der Waals surface area (Å²) in [5.41, 5.74) is 0.402. The molecule has 6 nitrogen and oxygen atoms in total. The summed E-state index contributed by atoms with van der Waals surface area (Å²) in [5, 5.41) is 8.95. The van der Waals surface area contributed by atoms with Gasteiger partial charge in [0.15, 0.2) is 5.82 Å². The monoisotopic (exact) mass is 358 g/mol. The van der Waals surface area contributed by atoms with E-state index in [9.17, 15) is 13.6 Å². The fourth-order valence-electron chi connectivity index (χ4n) is 2.35. The van der Waals surface area contributed by atoms with E-state index >= 15 is 0 Å². The molecule has 1 amide bonds. The third-order valence-electron chi connectivity index (χ3n) is 3.71. The van der Waals surface area contributed by atoms with Gasteiger partial charge in [0.05, 0.1) is 7.11 Å². The van der Waals surface area contributed by atoms with Gasteiger partial charge in [0.1, 0.15) is 11.6 Å². The van der Waals surface area contributed by atoms with Crippen molar-refractivity contribution in [2.45, 2.75) is 12.8 Å². The van der Waals surface area contributed by atoms with Gasteiger partial charge in [0.25, 0.3) is 5.91 Å². The largest absolute Gasteiger partial charge is 0.497 e. The van der Waals surface area contributed by atoms with Gasteiger partial charge in [0, 0.05) is 16.8 Å². The van der Waals surface area contributed by atoms with Crippen molar-refractivity contribution in [3.8, 4) is 17.1 Å². The summed E-state index contributed by atoms with van der Waals surface area (Å²) in [6, 6.07) is 11.5. The Hall–Kier alpha value is -3.29. The number of benzene rings is 2. The molecule has 1 heterocycles. The highest BCUT2D eigenvalue weighted by atomic mass is 19.3. The molecule has 0 atom stereocenters. The van der Waals surface area contributed by atoms with Crippen LogP contribution in [-0.2, 0) is 10.7 Å². The number of nitrogens with zero attached hydrogens (tertiary/aromatic N) is 2. The van der Waals surface area contributed by atoms with Crippen molar-refractivity contribution in [1.82, 2.24) is 15.2 Å². The number of anilines is 1. The second-order valence-electron chi connectivity index (χ2n) is 5.58. The maximum atomic E-state index is 14.4. The molecule has 26 heavy (non-hydrogen) atoms. The zero-order valence-corrected chi connectivity index (χ0v) is 14.1. The molecule has 0 fully saturated rings. The van der Waals surface area contributed by atoms with E-state index in [1.165, 1.54) is 31.4 Å². The van der Waals surface area contributed by atoms with Crippen LogP contribution in [0, 0.1) is 6.92 Å². The lowest BCUT2D eigenvalue weighted by Gasteiger charge is -2.17. The van der Waals surface area contributed by atoms with Gasteiger partial charge in [-0.15, -0.1) is 0 Å². The van der Waals surface area contributed by atoms with E-state index in [0.29, 0.717) is 23.0 Å². The zero-order valence-electron chi connectivity index (χ0n) is 14.1. The van der Waals surface area contributed by atoms with Crippen molar-refractivity contribution in [1.29, 1.82) is 0 Å². The van der Waals surface area contributed by atoms with Crippen molar-refractivity contribution in [3.63, 3.8) is 0 Å². The van der Waals surface area contributed by atoms with Gasteiger partial charge in [-0.2, -0.15) is 13.9 Å². The first-order valence-electron chi connectivity index (χ1n) is 7.73. The van der Waals surface area contributed by atoms with Gasteiger partial charge in [-0.25, -0.2) is 4.98 Å². The van der Waals surface area contributed by atoms with Gasteiger partial charge in [-0.1, -0.05) is 12.1 Å². The van der Waals surface area contributed by atoms with Crippen LogP contribution in [-0.4, -0.2) is 28.2 Å². The lowest BCUT2D eigenvalue weighted by molar-refractivity contribution is -0.140. The molecule has 3 aromatic rings. The summed E-state index contributed by atoms with van der Waals surface area (Å²) in [7, 11) is 1.43. The first-order valence-corrected chi connectivity index (χ1v) is 7.73. The van der Waals surface area contributed by atoms with Crippen LogP contribution in [0.25, 0.3) is 11.4 Å². The molecule has 2 aromatic carbocycles. The first-order chi connectivity index (χ1) is 12.4. The van der Waals surface area contributed by atoms with E-state index in [4.69, 9.17) is 4.74 Å². The van der Waals surface area contributed by atoms with Gasteiger partial charge in [-0.3, -0.25) is 9.89 Å². The fraction of sp³-hybridized carbons (Fsp3) is 0.167. The predicted octanol–water partition coefficient (Wildman–Crippen LogP) is 3.52. The number of aromatic nitrogens is 3. The van der Waals surface area contributed by atoms with Crippen LogP contribution in [0.1, 0.15) is 11.4 Å². The van der Waals surface area contributed by atoms with Crippen LogP contribution in [0.5, 0.6) is 5.75 Å². The predicted molar refractivity (Wildman–Crippen MR) is 92.1 cm³/mol. The minimum absolute atomic E-state index is 0.225. The molecule has 0 saturated carbocycles. The Morgan fingerprint density at radius 1 is 1.19 bits per heavy atom. The number of aromatic amines is 1. The molecule has 0 radical (unpaired) electrons. The van der Waals surface area contributed by atoms with Crippen LogP contribution in [0.15, 0.2) is 48.5 Å². The number of ether oxygens (including phenoxy) is 1. The maximum absolute atomic E-state index is 14.4. The Bertz CT molecular complexity index is 923. The number of hydrogen-bond donors (Lipinski definition) is 2. The quantitative estimate of drug-likeness (QED) is 0.731. The van der Waals surface area contributed by atoms with E-state index in [0.717, 1.165) is 12.1 Å². The van der Waals surface area contributed by atoms with E-state index < -0.39 is 17.4 Å². The molecule has 3 rings (SSSR count). The van der Waals surface area contributed by atoms with Crippen molar-refractivity contribution >= 4 is 11.6 Å². The Balaban J connectivity index is 1.80. The number of methoxy groups -OCH3 is 1. The number of H-pyrrole nitrogens is 1. The minimum Gasteiger partial charge on any atom is -0.497 e. The number of amides is 1. The molecule has 0 spiro atoms. The summed E-state index contributed by atoms with van der Waals surface area (Å²) in [6.45, 7) is 1.75. The van der Waals surface area contributed by atoms with Crippen LogP contribution in [0.4, 0.5) is 14.5 Å². The molecule has 0 saturated heterocycles. The molecule has 0 aliphatic carbocycles. The topological polar surface area (TPSA) is 79.9 Å². The summed E-state index contributed by atoms with van der Waals surface area (Å²) in [5.74, 6) is -3.64. The fourth-order valence-corrected chi connectivity index (χ4v) is 2.35. The molecule has 0 aliphatic heterocycles. The number of aryl methyl sites for hydroxylation is 1. The number of carbonyl (C=O) groups excluding carboxylic acids is 1. The van der Waals surface area contributed by atoms with Crippen LogP contribution < -0.4 is 10.1 Å². The van der Waals surface area contributed by atoms with E-state index in [2.05, 4.69) is 20.5 Å². The lowest BCUT2D eigenvalue weighted by Crippen LogP contribution is -2.32. The number of rotatable bonds is 5. The Morgan fingerprint density at radius 3 is 2.54 bits per heavy atom. The smallest absolute Gasteiger partial charge is 0.350 e. The minimum atomic E-state index is -3.69. The van der Waals surface area contributed by atoms with Crippen molar-refractivity contribution in [2.75, 3.05) is 12.4 Å². The molecule has 8 heteroatoms. The third-order valence-corrected chi connectivity index (χ3v) is 3.71. The third kappa shape index (κ3) is 3.53. The van der Waals surface area contributed by atoms with Gasteiger partial charge in [0.2, 0.25) is 0 Å². The second kappa shape index (κ2) is 6.91. The number of carbonyl (C=O) groups is 1. The lowest BCUT2D eigenvalue weighted by atomic mass is 10.1. The molecule has 1 aromatic heterocycles. The summed E-state index contributed by atoms with van der Waals surface area (Å²) < 4.78 is 33.8. The van der Waals surface area contributed by atoms with Gasteiger partial charge in [-0.05, 0) is 43.3 Å². The number of alkyl halides is 2. The first kappa shape index (κ1) is 17.5. The highest BCUT2D eigenvalue weighted by Gasteiger charge is 2.41. The number of hydrogen-bond acceptors (Lipinski definition) is 4. The average molecular weight is 358 g/mol. The van der Waals surface area contributed by atoms with Crippen LogP contribution >= 0.6 is 0 Å². The van der Waals surface area contributed by atoms with Crippen LogP contribution in [0.2, 0.25) is 0 Å². The summed E-state index contributed by atoms with van der Waals surface area (Å²) >= 11 is 0. The molecule has 0 aliphatic rings. The number of halogens is 2. The zero-order chi connectivity index (χ0) is 18.7. The molecular formula is C18H16F2N4O2. The van der Waals surface area contributed by atoms with Gasteiger partial charge >= 0.3 is 5.92 Å². The molecule has 2 N–H and O–H groups in total.